The number of ether oxygens (including phenoxy) is 1. The van der Waals surface area contributed by atoms with Crippen LogP contribution in [0, 0.1) is 0 Å². The van der Waals surface area contributed by atoms with Gasteiger partial charge in [-0.2, -0.15) is 4.98 Å². The minimum Gasteiger partial charge on any atom is -0.478 e. The first kappa shape index (κ1) is 9.73. The van der Waals surface area contributed by atoms with Gasteiger partial charge in [-0.15, -0.1) is 0 Å². The number of hydrogen-bond acceptors (Lipinski definition) is 5. The van der Waals surface area contributed by atoms with E-state index in [2.05, 4.69) is 15.3 Å². The van der Waals surface area contributed by atoms with E-state index in [0.29, 0.717) is 31.5 Å². The summed E-state index contributed by atoms with van der Waals surface area (Å²) < 4.78 is 5.20. The summed E-state index contributed by atoms with van der Waals surface area (Å²) in [6.45, 7) is 3.74. The summed E-state index contributed by atoms with van der Waals surface area (Å²) in [6.07, 6.45) is 1.65. The highest BCUT2D eigenvalue weighted by molar-refractivity contribution is 5.27. The molecule has 0 spiro atoms. The molecule has 3 N–H and O–H groups in total. The van der Waals surface area contributed by atoms with Crippen LogP contribution in [-0.2, 0) is 0 Å². The fourth-order valence-electron chi connectivity index (χ4n) is 0.840. The molecule has 0 fully saturated rings. The third kappa shape index (κ3) is 3.25. The average molecular weight is 182 g/mol. The molecule has 1 heterocycles. The predicted octanol–water partition coefficient (Wildman–Crippen LogP) is 0.246. The Balaban J connectivity index is 2.56. The normalized spacial score (nSPS) is 9.69. The Labute approximate surface area is 77.3 Å². The average Bonchev–Trinajstić information content (AvgIpc) is 2.16. The minimum atomic E-state index is 0.552. The molecular weight excluding hydrogens is 168 g/mol. The zero-order valence-corrected chi connectivity index (χ0v) is 7.66. The van der Waals surface area contributed by atoms with Crippen LogP contribution in [0.25, 0.3) is 0 Å². The third-order valence-electron chi connectivity index (χ3n) is 1.35. The van der Waals surface area contributed by atoms with Gasteiger partial charge in [-0.3, -0.25) is 0 Å². The van der Waals surface area contributed by atoms with E-state index in [-0.39, 0.29) is 0 Å². The summed E-state index contributed by atoms with van der Waals surface area (Å²) in [5.74, 6) is 1.13. The number of nitrogens with zero attached hydrogens (tertiary/aromatic N) is 2. The van der Waals surface area contributed by atoms with Crippen molar-refractivity contribution in [2.75, 3.05) is 25.0 Å². The quantitative estimate of drug-likeness (QED) is 0.682. The molecular formula is C8H14N4O. The first-order valence-electron chi connectivity index (χ1n) is 4.26. The van der Waals surface area contributed by atoms with Gasteiger partial charge in [0.25, 0.3) is 0 Å². The van der Waals surface area contributed by atoms with Crippen LogP contribution in [0.5, 0.6) is 5.88 Å². The van der Waals surface area contributed by atoms with Crippen LogP contribution in [0.2, 0.25) is 0 Å². The van der Waals surface area contributed by atoms with E-state index in [4.69, 9.17) is 10.5 Å². The lowest BCUT2D eigenvalue weighted by molar-refractivity contribution is 0.326. The fourth-order valence-corrected chi connectivity index (χ4v) is 0.840. The van der Waals surface area contributed by atoms with Crippen LogP contribution in [0.15, 0.2) is 12.3 Å². The second-order valence-electron chi connectivity index (χ2n) is 2.37. The van der Waals surface area contributed by atoms with Crippen molar-refractivity contribution in [3.05, 3.63) is 12.3 Å². The van der Waals surface area contributed by atoms with Gasteiger partial charge < -0.3 is 15.8 Å². The Morgan fingerprint density at radius 1 is 1.62 bits per heavy atom. The smallest absolute Gasteiger partial charge is 0.225 e. The van der Waals surface area contributed by atoms with E-state index in [9.17, 15) is 0 Å². The first-order valence-corrected chi connectivity index (χ1v) is 4.26. The van der Waals surface area contributed by atoms with Gasteiger partial charge in [-0.25, -0.2) is 4.98 Å². The Kier molecular flexibility index (Phi) is 3.98. The van der Waals surface area contributed by atoms with Gasteiger partial charge in [0.2, 0.25) is 11.8 Å². The number of hydrogen-bond donors (Lipinski definition) is 2. The molecule has 72 valence electrons. The third-order valence-corrected chi connectivity index (χ3v) is 1.35. The zero-order valence-electron chi connectivity index (χ0n) is 7.66. The fraction of sp³-hybridized carbons (Fsp3) is 0.500. The molecule has 0 atom stereocenters. The molecule has 1 aromatic rings. The Morgan fingerprint density at radius 2 is 2.46 bits per heavy atom. The zero-order chi connectivity index (χ0) is 9.52. The lowest BCUT2D eigenvalue weighted by Gasteiger charge is -2.04. The molecule has 0 radical (unpaired) electrons. The van der Waals surface area contributed by atoms with E-state index in [1.54, 1.807) is 12.3 Å². The topological polar surface area (TPSA) is 73.1 Å². The minimum absolute atomic E-state index is 0.552. The molecule has 1 rings (SSSR count). The number of aromatic nitrogens is 2. The second-order valence-corrected chi connectivity index (χ2v) is 2.37. The first-order chi connectivity index (χ1) is 6.36. The lowest BCUT2D eigenvalue weighted by Crippen LogP contribution is -2.14. The highest BCUT2D eigenvalue weighted by Crippen LogP contribution is 2.07. The van der Waals surface area contributed by atoms with E-state index in [0.717, 1.165) is 0 Å². The SMILES string of the molecule is CCOc1ccnc(NCCN)n1. The molecule has 0 unspecified atom stereocenters. The molecule has 0 aliphatic carbocycles. The summed E-state index contributed by atoms with van der Waals surface area (Å²) in [5.41, 5.74) is 5.32. The van der Waals surface area contributed by atoms with Gasteiger partial charge in [0.1, 0.15) is 0 Å². The number of nitrogens with one attached hydrogen (secondary N) is 1. The monoisotopic (exact) mass is 182 g/mol. The van der Waals surface area contributed by atoms with Crippen molar-refractivity contribution >= 4 is 5.95 Å². The van der Waals surface area contributed by atoms with Crippen LogP contribution in [-0.4, -0.2) is 29.7 Å². The van der Waals surface area contributed by atoms with Crippen molar-refractivity contribution in [3.8, 4) is 5.88 Å². The van der Waals surface area contributed by atoms with Gasteiger partial charge in [-0.1, -0.05) is 0 Å². The summed E-state index contributed by atoms with van der Waals surface area (Å²) in [4.78, 5) is 8.10. The lowest BCUT2D eigenvalue weighted by atomic mass is 10.6. The summed E-state index contributed by atoms with van der Waals surface area (Å²) in [5, 5.41) is 2.97. The second kappa shape index (κ2) is 5.31. The van der Waals surface area contributed by atoms with Crippen LogP contribution in [0.1, 0.15) is 6.92 Å². The molecule has 0 amide bonds. The molecule has 0 saturated heterocycles. The van der Waals surface area contributed by atoms with Crippen LogP contribution in [0.3, 0.4) is 0 Å². The Morgan fingerprint density at radius 3 is 3.15 bits per heavy atom. The predicted molar refractivity (Wildman–Crippen MR) is 50.7 cm³/mol. The van der Waals surface area contributed by atoms with Gasteiger partial charge in [0.05, 0.1) is 6.61 Å². The van der Waals surface area contributed by atoms with Gasteiger partial charge in [-0.05, 0) is 6.92 Å². The summed E-state index contributed by atoms with van der Waals surface area (Å²) in [7, 11) is 0. The van der Waals surface area contributed by atoms with Gasteiger partial charge >= 0.3 is 0 Å². The number of rotatable bonds is 5. The van der Waals surface area contributed by atoms with Crippen LogP contribution >= 0.6 is 0 Å². The van der Waals surface area contributed by atoms with Crippen molar-refractivity contribution < 1.29 is 4.74 Å². The largest absolute Gasteiger partial charge is 0.478 e. The molecule has 1 aromatic heterocycles. The van der Waals surface area contributed by atoms with Crippen molar-refractivity contribution in [1.82, 2.24) is 9.97 Å². The highest BCUT2D eigenvalue weighted by atomic mass is 16.5. The molecule has 13 heavy (non-hydrogen) atoms. The maximum absolute atomic E-state index is 5.32. The molecule has 5 nitrogen and oxygen atoms in total. The molecule has 0 aliphatic heterocycles. The highest BCUT2D eigenvalue weighted by Gasteiger charge is 1.97. The van der Waals surface area contributed by atoms with Crippen molar-refractivity contribution in [1.29, 1.82) is 0 Å². The molecule has 0 saturated carbocycles. The van der Waals surface area contributed by atoms with Crippen LogP contribution in [0.4, 0.5) is 5.95 Å². The maximum atomic E-state index is 5.32. The van der Waals surface area contributed by atoms with E-state index < -0.39 is 0 Å². The van der Waals surface area contributed by atoms with Crippen molar-refractivity contribution in [2.45, 2.75) is 6.92 Å². The Bertz CT molecular complexity index is 254. The summed E-state index contributed by atoms with van der Waals surface area (Å²) >= 11 is 0. The van der Waals surface area contributed by atoms with Crippen LogP contribution < -0.4 is 15.8 Å². The maximum Gasteiger partial charge on any atom is 0.225 e. The summed E-state index contributed by atoms with van der Waals surface area (Å²) in [6, 6.07) is 1.72. The van der Waals surface area contributed by atoms with Gasteiger partial charge in [0, 0.05) is 25.4 Å². The Hall–Kier alpha value is -1.36. The standard InChI is InChI=1S/C8H14N4O/c1-2-13-7-3-5-10-8(12-7)11-6-4-9/h3,5H,2,4,6,9H2,1H3,(H,10,11,12). The molecule has 0 bridgehead atoms. The van der Waals surface area contributed by atoms with Crippen molar-refractivity contribution in [2.24, 2.45) is 5.73 Å². The van der Waals surface area contributed by atoms with E-state index in [1.165, 1.54) is 0 Å². The number of anilines is 1. The van der Waals surface area contributed by atoms with Gasteiger partial charge in [0.15, 0.2) is 0 Å². The number of nitrogens with two attached hydrogens (primary N) is 1. The molecule has 0 aromatic carbocycles. The van der Waals surface area contributed by atoms with E-state index in [1.807, 2.05) is 6.92 Å². The molecule has 5 heteroatoms. The van der Waals surface area contributed by atoms with Crippen molar-refractivity contribution in [3.63, 3.8) is 0 Å². The van der Waals surface area contributed by atoms with E-state index >= 15 is 0 Å². The molecule has 0 aliphatic rings.